The number of thiazole rings is 1. The Bertz CT molecular complexity index is 1170. The molecule has 4 rings (SSSR count). The first-order valence-electron chi connectivity index (χ1n) is 12.4. The number of hydrogen-bond donors (Lipinski definition) is 2. The smallest absolute Gasteiger partial charge is 0.257 e. The maximum Gasteiger partial charge on any atom is 0.257 e. The first-order chi connectivity index (χ1) is 17.1. The molecule has 0 spiro atoms. The van der Waals surface area contributed by atoms with E-state index in [-0.39, 0.29) is 47.4 Å². The van der Waals surface area contributed by atoms with E-state index in [1.54, 1.807) is 43.3 Å². The Labute approximate surface area is 217 Å². The van der Waals surface area contributed by atoms with E-state index >= 15 is 0 Å². The molecule has 0 bridgehead atoms. The Kier molecular flexibility index (Phi) is 7.44. The van der Waals surface area contributed by atoms with Crippen LogP contribution < -0.4 is 10.1 Å². The minimum absolute atomic E-state index is 0.00479. The number of ether oxygens (including phenoxy) is 1. The molecule has 1 heterocycles. The number of carbonyl (C=O) groups excluding carboxylic acids is 2. The van der Waals surface area contributed by atoms with E-state index in [1.165, 1.54) is 11.3 Å². The quantitative estimate of drug-likeness (QED) is 0.570. The van der Waals surface area contributed by atoms with Crippen LogP contribution in [-0.2, 0) is 11.2 Å². The Balaban J connectivity index is 1.53. The molecular formula is C28H35N3O4S. The third-order valence-electron chi connectivity index (χ3n) is 8.23. The van der Waals surface area contributed by atoms with Crippen LogP contribution in [0.15, 0.2) is 24.3 Å². The summed E-state index contributed by atoms with van der Waals surface area (Å²) in [5.41, 5.74) is 1.37. The van der Waals surface area contributed by atoms with E-state index in [0.717, 1.165) is 29.8 Å². The van der Waals surface area contributed by atoms with Crippen LogP contribution in [0.5, 0.6) is 5.75 Å². The molecule has 0 saturated heterocycles. The van der Waals surface area contributed by atoms with Gasteiger partial charge in [0.25, 0.3) is 5.91 Å². The van der Waals surface area contributed by atoms with Gasteiger partial charge in [-0.1, -0.05) is 26.7 Å². The van der Waals surface area contributed by atoms with Crippen molar-refractivity contribution in [3.63, 3.8) is 0 Å². The molecule has 2 aliphatic carbocycles. The van der Waals surface area contributed by atoms with Crippen molar-refractivity contribution in [2.24, 2.45) is 23.2 Å². The topological polar surface area (TPSA) is 91.8 Å². The number of carbonyl (C=O) groups is 2. The SMILES string of the molecule is C#CCN(C)C(=O)[C@@H](C)[C@H]1CC[C@]2(C)Cc3sc(NC(=O)c4ccc(OC)cc4)nc3[C@@H](C)[C@@H]2[C@H]1O. The lowest BCUT2D eigenvalue weighted by Gasteiger charge is -2.53. The normalized spacial score (nSPS) is 27.7. The molecule has 2 aromatic rings. The highest BCUT2D eigenvalue weighted by Gasteiger charge is 2.54. The minimum atomic E-state index is -0.621. The maximum absolute atomic E-state index is 12.9. The largest absolute Gasteiger partial charge is 0.497 e. The van der Waals surface area contributed by atoms with Gasteiger partial charge in [0.2, 0.25) is 5.91 Å². The number of aromatic nitrogens is 1. The fraction of sp³-hybridized carbons (Fsp3) is 0.536. The van der Waals surface area contributed by atoms with Gasteiger partial charge in [-0.25, -0.2) is 4.98 Å². The molecule has 1 aromatic heterocycles. The number of amides is 2. The molecule has 192 valence electrons. The highest BCUT2D eigenvalue weighted by Crippen LogP contribution is 2.57. The molecule has 7 nitrogen and oxygen atoms in total. The van der Waals surface area contributed by atoms with Crippen molar-refractivity contribution in [2.75, 3.05) is 26.0 Å². The highest BCUT2D eigenvalue weighted by atomic mass is 32.1. The third-order valence-corrected chi connectivity index (χ3v) is 9.22. The summed E-state index contributed by atoms with van der Waals surface area (Å²) in [5, 5.41) is 15.1. The molecule has 6 atom stereocenters. The maximum atomic E-state index is 12.9. The van der Waals surface area contributed by atoms with Crippen molar-refractivity contribution in [3.05, 3.63) is 40.4 Å². The number of anilines is 1. The molecule has 8 heteroatoms. The number of aliphatic hydroxyl groups excluding tert-OH is 1. The van der Waals surface area contributed by atoms with Crippen molar-refractivity contribution in [1.29, 1.82) is 0 Å². The Hall–Kier alpha value is -2.89. The molecule has 1 saturated carbocycles. The van der Waals surface area contributed by atoms with E-state index in [4.69, 9.17) is 16.1 Å². The standard InChI is InChI=1S/C28H35N3O4S/c1-7-14-31(5)26(34)16(2)20-12-13-28(4)15-21-23(17(3)22(28)24(20)32)29-27(36-21)30-25(33)18-8-10-19(35-6)11-9-18/h1,8-11,16-17,20,22,24,32H,12-15H2,2-6H3,(H,29,30,33)/t16-,17-,20+,22+,24-,28+/m0/s1. The molecule has 0 unspecified atom stereocenters. The van der Waals surface area contributed by atoms with Crippen molar-refractivity contribution < 1.29 is 19.4 Å². The van der Waals surface area contributed by atoms with Gasteiger partial charge in [-0.15, -0.1) is 17.8 Å². The van der Waals surface area contributed by atoms with E-state index in [0.29, 0.717) is 16.4 Å². The van der Waals surface area contributed by atoms with Gasteiger partial charge in [0, 0.05) is 29.3 Å². The first-order valence-corrected chi connectivity index (χ1v) is 13.2. The number of nitrogens with zero attached hydrogens (tertiary/aromatic N) is 2. The van der Waals surface area contributed by atoms with Crippen molar-refractivity contribution in [1.82, 2.24) is 9.88 Å². The van der Waals surface area contributed by atoms with E-state index < -0.39 is 6.10 Å². The summed E-state index contributed by atoms with van der Waals surface area (Å²) in [5.74, 6) is 2.50. The lowest BCUT2D eigenvalue weighted by molar-refractivity contribution is -0.142. The summed E-state index contributed by atoms with van der Waals surface area (Å²) < 4.78 is 5.17. The monoisotopic (exact) mass is 509 g/mol. The van der Waals surface area contributed by atoms with Crippen LogP contribution in [0.2, 0.25) is 0 Å². The Morgan fingerprint density at radius 3 is 2.72 bits per heavy atom. The molecule has 1 fully saturated rings. The summed E-state index contributed by atoms with van der Waals surface area (Å²) in [7, 11) is 3.30. The summed E-state index contributed by atoms with van der Waals surface area (Å²) in [4.78, 5) is 33.2. The number of fused-ring (bicyclic) bond motifs is 2. The van der Waals surface area contributed by atoms with Crippen LogP contribution in [0.1, 0.15) is 60.5 Å². The van der Waals surface area contributed by atoms with E-state index in [2.05, 4.69) is 25.1 Å². The lowest BCUT2D eigenvalue weighted by atomic mass is 9.53. The number of benzene rings is 1. The van der Waals surface area contributed by atoms with Crippen LogP contribution >= 0.6 is 11.3 Å². The van der Waals surface area contributed by atoms with Crippen LogP contribution in [0, 0.1) is 35.5 Å². The van der Waals surface area contributed by atoms with Gasteiger partial charge < -0.3 is 14.7 Å². The van der Waals surface area contributed by atoms with Gasteiger partial charge in [0.1, 0.15) is 5.75 Å². The van der Waals surface area contributed by atoms with Gasteiger partial charge in [0.05, 0.1) is 25.5 Å². The number of rotatable bonds is 6. The molecule has 2 N–H and O–H groups in total. The number of aliphatic hydroxyl groups is 1. The number of methoxy groups -OCH3 is 1. The number of hydrogen-bond acceptors (Lipinski definition) is 6. The Morgan fingerprint density at radius 2 is 2.08 bits per heavy atom. The fourth-order valence-electron chi connectivity index (χ4n) is 6.26. The molecule has 0 aliphatic heterocycles. The van der Waals surface area contributed by atoms with Crippen molar-refractivity contribution >= 4 is 28.3 Å². The molecule has 1 aromatic carbocycles. The average molecular weight is 510 g/mol. The second kappa shape index (κ2) is 10.2. The first kappa shape index (κ1) is 26.2. The molecule has 36 heavy (non-hydrogen) atoms. The fourth-order valence-corrected chi connectivity index (χ4v) is 7.52. The van der Waals surface area contributed by atoms with Gasteiger partial charge in [-0.3, -0.25) is 14.9 Å². The second-order valence-electron chi connectivity index (χ2n) is 10.5. The van der Waals surface area contributed by atoms with Crippen LogP contribution in [0.4, 0.5) is 5.13 Å². The van der Waals surface area contributed by atoms with Crippen LogP contribution in [-0.4, -0.2) is 53.6 Å². The van der Waals surface area contributed by atoms with Gasteiger partial charge in [-0.05, 0) is 60.8 Å². The van der Waals surface area contributed by atoms with Crippen LogP contribution in [0.3, 0.4) is 0 Å². The van der Waals surface area contributed by atoms with Gasteiger partial charge in [-0.2, -0.15) is 0 Å². The predicted molar refractivity (Wildman–Crippen MR) is 141 cm³/mol. The third kappa shape index (κ3) is 4.74. The van der Waals surface area contributed by atoms with Gasteiger partial charge in [0.15, 0.2) is 5.13 Å². The van der Waals surface area contributed by atoms with E-state index in [1.807, 2.05) is 6.92 Å². The number of terminal acetylenes is 1. The summed E-state index contributed by atoms with van der Waals surface area (Å²) in [6.45, 7) is 6.51. The zero-order valence-electron chi connectivity index (χ0n) is 21.6. The zero-order chi connectivity index (χ0) is 26.2. The van der Waals surface area contributed by atoms with Crippen molar-refractivity contribution in [3.8, 4) is 18.1 Å². The lowest BCUT2D eigenvalue weighted by Crippen LogP contribution is -2.53. The highest BCUT2D eigenvalue weighted by molar-refractivity contribution is 7.15. The van der Waals surface area contributed by atoms with Crippen LogP contribution in [0.25, 0.3) is 0 Å². The number of nitrogens with one attached hydrogen (secondary N) is 1. The molecule has 2 aliphatic rings. The summed E-state index contributed by atoms with van der Waals surface area (Å²) in [6.07, 6.45) is 7.27. The van der Waals surface area contributed by atoms with Gasteiger partial charge >= 0.3 is 0 Å². The van der Waals surface area contributed by atoms with Crippen molar-refractivity contribution in [2.45, 2.75) is 52.1 Å². The molecule has 2 amide bonds. The molecular weight excluding hydrogens is 474 g/mol. The Morgan fingerprint density at radius 1 is 1.39 bits per heavy atom. The second-order valence-corrected chi connectivity index (χ2v) is 11.6. The summed E-state index contributed by atoms with van der Waals surface area (Å²) >= 11 is 1.52. The summed E-state index contributed by atoms with van der Waals surface area (Å²) in [6, 6.07) is 6.95. The average Bonchev–Trinajstić information content (AvgIpc) is 3.25. The molecule has 0 radical (unpaired) electrons. The minimum Gasteiger partial charge on any atom is -0.497 e. The zero-order valence-corrected chi connectivity index (χ0v) is 22.4. The van der Waals surface area contributed by atoms with E-state index in [9.17, 15) is 14.7 Å². The predicted octanol–water partition coefficient (Wildman–Crippen LogP) is 4.18.